The van der Waals surface area contributed by atoms with E-state index in [1.54, 1.807) is 20.8 Å². The molecule has 0 saturated heterocycles. The van der Waals surface area contributed by atoms with Gasteiger partial charge in [0.15, 0.2) is 0 Å². The van der Waals surface area contributed by atoms with E-state index in [1.807, 2.05) is 5.32 Å². The molecule has 0 aliphatic rings. The fourth-order valence-corrected chi connectivity index (χ4v) is 1.86. The number of rotatable bonds is 5. The number of sulfone groups is 1. The highest BCUT2D eigenvalue weighted by Crippen LogP contribution is 2.13. The molecule has 0 radical (unpaired) electrons. The Bertz CT molecular complexity index is 617. The van der Waals surface area contributed by atoms with Crippen molar-refractivity contribution in [1.29, 1.82) is 0 Å². The maximum atomic E-state index is 13.9. The lowest BCUT2D eigenvalue weighted by Gasteiger charge is -2.19. The second-order valence-corrected chi connectivity index (χ2v) is 7.34. The van der Waals surface area contributed by atoms with Gasteiger partial charge in [-0.15, -0.1) is 0 Å². The summed E-state index contributed by atoms with van der Waals surface area (Å²) in [6.45, 7) is 5.11. The molecule has 0 heterocycles. The third-order valence-electron chi connectivity index (χ3n) is 2.11. The van der Waals surface area contributed by atoms with E-state index >= 15 is 0 Å². The van der Waals surface area contributed by atoms with Gasteiger partial charge in [0.2, 0.25) is 15.7 Å². The van der Waals surface area contributed by atoms with Crippen LogP contribution >= 0.6 is 0 Å². The molecule has 1 amide bonds. The standard InChI is InChI=1S/C13H20FNO7S/c1-6-21-10(16)9(14)8(11(17)23(5,19)20)7-15-12(18)22-13(2,3)4/h6-7H2,1-5H3,(H,15,18)/b9-8-. The van der Waals surface area contributed by atoms with Crippen molar-refractivity contribution in [1.82, 2.24) is 5.32 Å². The van der Waals surface area contributed by atoms with E-state index in [0.717, 1.165) is 0 Å². The topological polar surface area (TPSA) is 116 Å². The van der Waals surface area contributed by atoms with Crippen molar-refractivity contribution in [3.05, 3.63) is 11.4 Å². The summed E-state index contributed by atoms with van der Waals surface area (Å²) in [5.74, 6) is -3.18. The number of halogens is 1. The zero-order valence-corrected chi connectivity index (χ0v) is 14.4. The normalized spacial score (nSPS) is 13.0. The monoisotopic (exact) mass is 353 g/mol. The number of hydrogen-bond acceptors (Lipinski definition) is 7. The van der Waals surface area contributed by atoms with Gasteiger partial charge in [-0.3, -0.25) is 4.79 Å². The van der Waals surface area contributed by atoms with Gasteiger partial charge in [-0.05, 0) is 27.7 Å². The molecule has 0 atom stereocenters. The number of carbonyl (C=O) groups excluding carboxylic acids is 3. The summed E-state index contributed by atoms with van der Waals surface area (Å²) in [5, 5.41) is 0.392. The number of nitrogens with one attached hydrogen (secondary N) is 1. The van der Waals surface area contributed by atoms with Crippen LogP contribution < -0.4 is 5.32 Å². The lowest BCUT2D eigenvalue weighted by Crippen LogP contribution is -2.36. The van der Waals surface area contributed by atoms with Gasteiger partial charge in [0.05, 0.1) is 18.7 Å². The second kappa shape index (κ2) is 8.04. The van der Waals surface area contributed by atoms with Gasteiger partial charge in [-0.2, -0.15) is 4.39 Å². The summed E-state index contributed by atoms with van der Waals surface area (Å²) in [4.78, 5) is 34.6. The highest BCUT2D eigenvalue weighted by Gasteiger charge is 2.29. The Morgan fingerprint density at radius 1 is 1.17 bits per heavy atom. The van der Waals surface area contributed by atoms with E-state index in [2.05, 4.69) is 4.74 Å². The molecular weight excluding hydrogens is 333 g/mol. The molecule has 8 nitrogen and oxygen atoms in total. The first-order valence-electron chi connectivity index (χ1n) is 6.56. The van der Waals surface area contributed by atoms with Crippen molar-refractivity contribution in [3.63, 3.8) is 0 Å². The lowest BCUT2D eigenvalue weighted by molar-refractivity contribution is -0.140. The third-order valence-corrected chi connectivity index (χ3v) is 3.03. The molecule has 0 aliphatic carbocycles. The minimum absolute atomic E-state index is 0.175. The molecule has 0 unspecified atom stereocenters. The molecule has 0 rings (SSSR count). The number of alkyl carbamates (subject to hydrolysis) is 1. The molecule has 0 saturated carbocycles. The molecule has 0 fully saturated rings. The first-order chi connectivity index (χ1) is 10.3. The van der Waals surface area contributed by atoms with Crippen molar-refractivity contribution in [2.75, 3.05) is 19.4 Å². The predicted octanol–water partition coefficient (Wildman–Crippen LogP) is 0.869. The molecule has 0 aliphatic heterocycles. The average Bonchev–Trinajstić information content (AvgIpc) is 2.35. The van der Waals surface area contributed by atoms with Crippen molar-refractivity contribution < 1.29 is 36.7 Å². The number of amides is 1. The zero-order valence-electron chi connectivity index (χ0n) is 13.6. The van der Waals surface area contributed by atoms with E-state index in [4.69, 9.17) is 4.74 Å². The molecule has 0 aromatic rings. The molecule has 0 aromatic carbocycles. The fraction of sp³-hybridized carbons (Fsp3) is 0.615. The maximum absolute atomic E-state index is 13.9. The molecule has 0 spiro atoms. The molecule has 0 bridgehead atoms. The Labute approximate surface area is 133 Å². The SMILES string of the molecule is CCOC(=O)/C(F)=C(\CNC(=O)OC(C)(C)C)C(=O)S(C)(=O)=O. The van der Waals surface area contributed by atoms with E-state index < -0.39 is 50.6 Å². The van der Waals surface area contributed by atoms with Crippen LogP contribution in [-0.2, 0) is 28.9 Å². The molecule has 132 valence electrons. The highest BCUT2D eigenvalue weighted by molar-refractivity contribution is 8.06. The molecule has 23 heavy (non-hydrogen) atoms. The number of hydrogen-bond donors (Lipinski definition) is 1. The minimum atomic E-state index is -4.32. The number of carbonyl (C=O) groups is 3. The van der Waals surface area contributed by atoms with Gasteiger partial charge in [0.25, 0.3) is 5.12 Å². The van der Waals surface area contributed by atoms with Gasteiger partial charge >= 0.3 is 12.1 Å². The van der Waals surface area contributed by atoms with Crippen molar-refractivity contribution in [3.8, 4) is 0 Å². The van der Waals surface area contributed by atoms with Gasteiger partial charge in [0, 0.05) is 6.26 Å². The lowest BCUT2D eigenvalue weighted by atomic mass is 10.2. The second-order valence-electron chi connectivity index (χ2n) is 5.43. The summed E-state index contributed by atoms with van der Waals surface area (Å²) in [7, 11) is -4.32. The molecule has 0 aromatic heterocycles. The van der Waals surface area contributed by atoms with Crippen LogP contribution in [0.5, 0.6) is 0 Å². The van der Waals surface area contributed by atoms with Gasteiger partial charge in [0.1, 0.15) is 5.60 Å². The molecule has 1 N–H and O–H groups in total. The minimum Gasteiger partial charge on any atom is -0.461 e. The Kier molecular flexibility index (Phi) is 7.35. The molecule has 10 heteroatoms. The summed E-state index contributed by atoms with van der Waals surface area (Å²) in [5.41, 5.74) is -1.88. The smallest absolute Gasteiger partial charge is 0.407 e. The molecular formula is C13H20FNO7S. The predicted molar refractivity (Wildman–Crippen MR) is 78.9 cm³/mol. The van der Waals surface area contributed by atoms with E-state index in [1.165, 1.54) is 6.92 Å². The van der Waals surface area contributed by atoms with E-state index in [0.29, 0.717) is 6.26 Å². The van der Waals surface area contributed by atoms with Crippen LogP contribution in [0.1, 0.15) is 27.7 Å². The van der Waals surface area contributed by atoms with Crippen molar-refractivity contribution in [2.45, 2.75) is 33.3 Å². The van der Waals surface area contributed by atoms with Crippen LogP contribution in [0.2, 0.25) is 0 Å². The van der Waals surface area contributed by atoms with Gasteiger partial charge < -0.3 is 14.8 Å². The van der Waals surface area contributed by atoms with E-state index in [-0.39, 0.29) is 6.61 Å². The Balaban J connectivity index is 5.40. The van der Waals surface area contributed by atoms with Gasteiger partial charge in [-0.25, -0.2) is 18.0 Å². The van der Waals surface area contributed by atoms with Crippen LogP contribution in [0.4, 0.5) is 9.18 Å². The summed E-state index contributed by atoms with van der Waals surface area (Å²) >= 11 is 0. The van der Waals surface area contributed by atoms with E-state index in [9.17, 15) is 27.2 Å². The average molecular weight is 353 g/mol. The Morgan fingerprint density at radius 2 is 1.70 bits per heavy atom. The highest BCUT2D eigenvalue weighted by atomic mass is 32.2. The number of esters is 1. The van der Waals surface area contributed by atoms with Gasteiger partial charge in [-0.1, -0.05) is 0 Å². The maximum Gasteiger partial charge on any atom is 0.407 e. The fourth-order valence-electron chi connectivity index (χ4n) is 1.26. The first kappa shape index (κ1) is 21.0. The summed E-state index contributed by atoms with van der Waals surface area (Å²) < 4.78 is 45.8. The van der Waals surface area contributed by atoms with Crippen LogP contribution in [0.3, 0.4) is 0 Å². The third kappa shape index (κ3) is 7.73. The first-order valence-corrected chi connectivity index (χ1v) is 8.45. The summed E-state index contributed by atoms with van der Waals surface area (Å²) in [6.07, 6.45) is -0.450. The van der Waals surface area contributed by atoms with Crippen LogP contribution in [-0.4, -0.2) is 50.6 Å². The Hall–Kier alpha value is -1.97. The zero-order chi connectivity index (χ0) is 18.4. The van der Waals surface area contributed by atoms with Crippen LogP contribution in [0.25, 0.3) is 0 Å². The summed E-state index contributed by atoms with van der Waals surface area (Å²) in [6, 6.07) is 0. The largest absolute Gasteiger partial charge is 0.461 e. The Morgan fingerprint density at radius 3 is 2.09 bits per heavy atom. The van der Waals surface area contributed by atoms with Crippen LogP contribution in [0, 0.1) is 0 Å². The van der Waals surface area contributed by atoms with Crippen LogP contribution in [0.15, 0.2) is 11.4 Å². The number of ether oxygens (including phenoxy) is 2. The van der Waals surface area contributed by atoms with Crippen molar-refractivity contribution >= 4 is 27.0 Å². The van der Waals surface area contributed by atoms with Crippen molar-refractivity contribution in [2.24, 2.45) is 0 Å². The quantitative estimate of drug-likeness (QED) is 0.576.